The van der Waals surface area contributed by atoms with Gasteiger partial charge >= 0.3 is 0 Å². The minimum Gasteiger partial charge on any atom is -0.385 e. The van der Waals surface area contributed by atoms with Gasteiger partial charge in [0.05, 0.1) is 17.8 Å². The van der Waals surface area contributed by atoms with Crippen LogP contribution in [0.5, 0.6) is 0 Å². The number of aliphatic imine (C=N–C) groups is 1. The SMILES string of the molecule is COCCCC1(CCc2ccc3c(c2)CC2=NC(c4ccc(CC(=O)Cc5cc(C(C)(C)C)on5)cc4)=CC23)CC1. The molecule has 1 atom stereocenters. The molecule has 5 nitrogen and oxygen atoms in total. The first-order chi connectivity index (χ1) is 19.7. The van der Waals surface area contributed by atoms with Crippen molar-refractivity contribution < 1.29 is 14.1 Å². The Labute approximate surface area is 244 Å². The minimum absolute atomic E-state index is 0.116. The topological polar surface area (TPSA) is 64.7 Å². The molecule has 0 saturated heterocycles. The zero-order valence-corrected chi connectivity index (χ0v) is 25.0. The Morgan fingerprint density at radius 1 is 1.02 bits per heavy atom. The number of methoxy groups -OCH3 is 1. The van der Waals surface area contributed by atoms with Crippen LogP contribution in [-0.2, 0) is 40.6 Å². The second kappa shape index (κ2) is 11.2. The van der Waals surface area contributed by atoms with Gasteiger partial charge in [0, 0.05) is 49.7 Å². The van der Waals surface area contributed by atoms with E-state index in [9.17, 15) is 4.79 Å². The third-order valence-electron chi connectivity index (χ3n) is 9.15. The standard InChI is InChI=1S/C36H42N2O3/c1-35(2,3)34-22-28(38-41-34)21-29(39)19-24-6-9-26(10-7-24)32-23-31-30-11-8-25(18-27(30)20-33(31)37-32)12-14-36(15-16-36)13-5-17-40-4/h6-11,18,22-23,31H,5,12-17,19-21H2,1-4H3. The van der Waals surface area contributed by atoms with E-state index >= 15 is 0 Å². The summed E-state index contributed by atoms with van der Waals surface area (Å²) in [7, 11) is 1.80. The maximum Gasteiger partial charge on any atom is 0.143 e. The Kier molecular flexibility index (Phi) is 7.58. The Balaban J connectivity index is 1.04. The van der Waals surface area contributed by atoms with E-state index in [1.165, 1.54) is 60.9 Å². The predicted octanol–water partition coefficient (Wildman–Crippen LogP) is 7.60. The lowest BCUT2D eigenvalue weighted by Crippen LogP contribution is -2.09. The highest BCUT2D eigenvalue weighted by atomic mass is 16.5. The Bertz CT molecular complexity index is 1480. The second-order valence-electron chi connectivity index (χ2n) is 13.5. The number of allylic oxidation sites excluding steroid dienone is 1. The first-order valence-electron chi connectivity index (χ1n) is 15.2. The van der Waals surface area contributed by atoms with Crippen molar-refractivity contribution in [2.45, 2.75) is 89.9 Å². The quantitative estimate of drug-likeness (QED) is 0.218. The predicted molar refractivity (Wildman–Crippen MR) is 163 cm³/mol. The van der Waals surface area contributed by atoms with Crippen molar-refractivity contribution in [2.24, 2.45) is 10.4 Å². The Morgan fingerprint density at radius 2 is 1.80 bits per heavy atom. The third-order valence-corrected chi connectivity index (χ3v) is 9.15. The molecule has 3 aromatic rings. The van der Waals surface area contributed by atoms with Gasteiger partial charge in [-0.2, -0.15) is 0 Å². The van der Waals surface area contributed by atoms with E-state index in [2.05, 4.69) is 62.3 Å². The van der Waals surface area contributed by atoms with Crippen molar-refractivity contribution >= 4 is 17.2 Å². The largest absolute Gasteiger partial charge is 0.385 e. The summed E-state index contributed by atoms with van der Waals surface area (Å²) in [6.07, 6.45) is 11.6. The van der Waals surface area contributed by atoms with Crippen LogP contribution >= 0.6 is 0 Å². The molecule has 5 heteroatoms. The summed E-state index contributed by atoms with van der Waals surface area (Å²) >= 11 is 0. The number of aromatic nitrogens is 1. The number of ketones is 1. The lowest BCUT2D eigenvalue weighted by Gasteiger charge is -2.15. The Morgan fingerprint density at radius 3 is 2.51 bits per heavy atom. The molecule has 2 heterocycles. The van der Waals surface area contributed by atoms with Gasteiger partial charge in [-0.15, -0.1) is 0 Å². The molecule has 0 bridgehead atoms. The monoisotopic (exact) mass is 550 g/mol. The van der Waals surface area contributed by atoms with Crippen LogP contribution in [0.4, 0.5) is 0 Å². The molecule has 214 valence electrons. The van der Waals surface area contributed by atoms with Crippen molar-refractivity contribution in [3.8, 4) is 0 Å². The molecule has 2 aromatic carbocycles. The van der Waals surface area contributed by atoms with Gasteiger partial charge in [0.25, 0.3) is 0 Å². The number of nitrogens with zero attached hydrogens (tertiary/aromatic N) is 2. The highest BCUT2D eigenvalue weighted by molar-refractivity contribution is 6.05. The molecule has 1 aromatic heterocycles. The number of carbonyl (C=O) groups is 1. The molecule has 41 heavy (non-hydrogen) atoms. The number of hydrogen-bond donors (Lipinski definition) is 0. The molecule has 6 rings (SSSR count). The highest BCUT2D eigenvalue weighted by Gasteiger charge is 2.41. The number of rotatable bonds is 12. The van der Waals surface area contributed by atoms with E-state index in [0.717, 1.165) is 35.6 Å². The molecule has 1 aliphatic heterocycles. The average molecular weight is 551 g/mol. The van der Waals surface area contributed by atoms with E-state index in [4.69, 9.17) is 14.3 Å². The molecule has 0 spiro atoms. The maximum absolute atomic E-state index is 12.7. The normalized spacial score (nSPS) is 18.6. The van der Waals surface area contributed by atoms with Gasteiger partial charge in [-0.25, -0.2) is 0 Å². The van der Waals surface area contributed by atoms with Gasteiger partial charge in [0.2, 0.25) is 0 Å². The molecule has 3 aliphatic rings. The number of hydrogen-bond acceptors (Lipinski definition) is 5. The van der Waals surface area contributed by atoms with Crippen molar-refractivity contribution in [1.82, 2.24) is 5.16 Å². The van der Waals surface area contributed by atoms with Gasteiger partial charge in [-0.1, -0.05) is 68.4 Å². The molecule has 2 aliphatic carbocycles. The average Bonchev–Trinajstić information content (AvgIpc) is 3.23. The molecule has 1 fully saturated rings. The van der Waals surface area contributed by atoms with Crippen molar-refractivity contribution in [3.63, 3.8) is 0 Å². The molecular weight excluding hydrogens is 508 g/mol. The zero-order chi connectivity index (χ0) is 28.6. The Hall–Kier alpha value is -3.31. The molecule has 0 radical (unpaired) electrons. The fraction of sp³-hybridized carbons (Fsp3) is 0.472. The first kappa shape index (κ1) is 27.8. The minimum atomic E-state index is -0.116. The number of ether oxygens (including phenoxy) is 1. The van der Waals surface area contributed by atoms with Crippen LogP contribution in [0.15, 0.2) is 64.1 Å². The molecule has 0 N–H and O–H groups in total. The molecule has 1 unspecified atom stereocenters. The zero-order valence-electron chi connectivity index (χ0n) is 25.0. The van der Waals surface area contributed by atoms with Crippen LogP contribution in [0, 0.1) is 5.41 Å². The lowest BCUT2D eigenvalue weighted by atomic mass is 9.91. The van der Waals surface area contributed by atoms with Gasteiger partial charge in [0.15, 0.2) is 0 Å². The maximum atomic E-state index is 12.7. The summed E-state index contributed by atoms with van der Waals surface area (Å²) < 4.78 is 10.7. The summed E-state index contributed by atoms with van der Waals surface area (Å²) in [6.45, 7) is 7.10. The first-order valence-corrected chi connectivity index (χ1v) is 15.2. The summed E-state index contributed by atoms with van der Waals surface area (Å²) in [5.74, 6) is 1.23. The number of carbonyl (C=O) groups excluding carboxylic acids is 1. The number of benzene rings is 2. The molecule has 0 amide bonds. The fourth-order valence-corrected chi connectivity index (χ4v) is 6.40. The summed E-state index contributed by atoms with van der Waals surface area (Å²) in [6, 6.07) is 17.3. The number of aryl methyl sites for hydroxylation is 1. The van der Waals surface area contributed by atoms with E-state index < -0.39 is 0 Å². The van der Waals surface area contributed by atoms with Gasteiger partial charge < -0.3 is 9.26 Å². The number of Topliss-reactive ketones (excluding diaryl/α,β-unsaturated/α-hetero) is 1. The van der Waals surface area contributed by atoms with Crippen LogP contribution in [0.1, 0.15) is 98.1 Å². The van der Waals surface area contributed by atoms with Crippen molar-refractivity contribution in [3.05, 3.63) is 93.9 Å². The van der Waals surface area contributed by atoms with Crippen LogP contribution < -0.4 is 0 Å². The van der Waals surface area contributed by atoms with Crippen LogP contribution in [0.25, 0.3) is 5.70 Å². The van der Waals surface area contributed by atoms with E-state index in [1.807, 2.05) is 18.2 Å². The van der Waals surface area contributed by atoms with Gasteiger partial charge in [0.1, 0.15) is 11.5 Å². The van der Waals surface area contributed by atoms with E-state index in [1.54, 1.807) is 7.11 Å². The third kappa shape index (κ3) is 6.30. The van der Waals surface area contributed by atoms with E-state index in [-0.39, 0.29) is 17.6 Å². The van der Waals surface area contributed by atoms with Gasteiger partial charge in [-0.3, -0.25) is 9.79 Å². The summed E-state index contributed by atoms with van der Waals surface area (Å²) in [4.78, 5) is 17.7. The fourth-order valence-electron chi connectivity index (χ4n) is 6.40. The second-order valence-corrected chi connectivity index (χ2v) is 13.5. The summed E-state index contributed by atoms with van der Waals surface area (Å²) in [5.41, 5.74) is 9.90. The molecule has 1 saturated carbocycles. The highest BCUT2D eigenvalue weighted by Crippen LogP contribution is 2.53. The van der Waals surface area contributed by atoms with Crippen LogP contribution in [0.3, 0.4) is 0 Å². The molecular formula is C36H42N2O3. The van der Waals surface area contributed by atoms with Gasteiger partial charge in [-0.05, 0) is 77.8 Å². The van der Waals surface area contributed by atoms with Crippen molar-refractivity contribution in [2.75, 3.05) is 13.7 Å². The van der Waals surface area contributed by atoms with Crippen molar-refractivity contribution in [1.29, 1.82) is 0 Å². The summed E-state index contributed by atoms with van der Waals surface area (Å²) in [5, 5.41) is 4.09. The lowest BCUT2D eigenvalue weighted by molar-refractivity contribution is -0.117. The van der Waals surface area contributed by atoms with Crippen LogP contribution in [0.2, 0.25) is 0 Å². The number of fused-ring (bicyclic) bond motifs is 3. The van der Waals surface area contributed by atoms with Crippen LogP contribution in [-0.4, -0.2) is 30.4 Å². The smallest absolute Gasteiger partial charge is 0.143 e. The van der Waals surface area contributed by atoms with E-state index in [0.29, 0.717) is 23.4 Å².